The Kier molecular flexibility index (Phi) is 8.95. The van der Waals surface area contributed by atoms with Crippen LogP contribution in [0.25, 0.3) is 0 Å². The Balaban J connectivity index is 1.42. The molecular formula is C31H42N3O5+. The smallest absolute Gasteiger partial charge is 0.375 e. The van der Waals surface area contributed by atoms with Gasteiger partial charge in [0.15, 0.2) is 11.5 Å². The molecule has 2 aromatic carbocycles. The van der Waals surface area contributed by atoms with Gasteiger partial charge < -0.3 is 24.3 Å². The van der Waals surface area contributed by atoms with Crippen LogP contribution in [0.4, 0.5) is 0 Å². The van der Waals surface area contributed by atoms with E-state index in [0.717, 1.165) is 42.3 Å². The number of benzene rings is 2. The molecule has 39 heavy (non-hydrogen) atoms. The number of aryl methyl sites for hydroxylation is 2. The number of nitrogens with one attached hydrogen (secondary N) is 2. The molecule has 0 aliphatic carbocycles. The highest BCUT2D eigenvalue weighted by atomic mass is 16.7. The van der Waals surface area contributed by atoms with Crippen LogP contribution < -0.4 is 19.9 Å². The summed E-state index contributed by atoms with van der Waals surface area (Å²) >= 11 is 0. The van der Waals surface area contributed by atoms with Crippen molar-refractivity contribution < 1.29 is 28.8 Å². The van der Waals surface area contributed by atoms with Crippen LogP contribution in [0.5, 0.6) is 11.5 Å². The van der Waals surface area contributed by atoms with Crippen molar-refractivity contribution in [2.24, 2.45) is 22.4 Å². The third-order valence-corrected chi connectivity index (χ3v) is 6.93. The number of hydrogen-bond acceptors (Lipinski definition) is 7. The lowest BCUT2D eigenvalue weighted by Gasteiger charge is -2.25. The molecule has 0 radical (unpaired) electrons. The third-order valence-electron chi connectivity index (χ3n) is 6.93. The van der Waals surface area contributed by atoms with E-state index >= 15 is 0 Å². The molecule has 8 heteroatoms. The zero-order valence-electron chi connectivity index (χ0n) is 24.2. The molecule has 0 fully saturated rings. The van der Waals surface area contributed by atoms with Crippen LogP contribution in [-0.2, 0) is 20.7 Å². The molecule has 2 heterocycles. The highest BCUT2D eigenvalue weighted by molar-refractivity contribution is 6.13. The molecule has 0 spiro atoms. The maximum Gasteiger partial charge on any atom is 0.375 e. The van der Waals surface area contributed by atoms with Gasteiger partial charge in [0.1, 0.15) is 18.2 Å². The van der Waals surface area contributed by atoms with Crippen molar-refractivity contribution in [2.45, 2.75) is 61.0 Å². The molecule has 2 aliphatic rings. The van der Waals surface area contributed by atoms with Gasteiger partial charge >= 0.3 is 11.9 Å². The Morgan fingerprint density at radius 3 is 2.54 bits per heavy atom. The Labute approximate surface area is 231 Å². The number of esters is 1. The van der Waals surface area contributed by atoms with E-state index in [2.05, 4.69) is 55.5 Å². The van der Waals surface area contributed by atoms with Gasteiger partial charge in [-0.3, -0.25) is 4.79 Å². The number of rotatable bonds is 11. The standard InChI is InChI=1S/C31H41N3O5/c1-19(2)39-30(35)31(6,7)17-36-29-27(28(33-34-29)24-13-20(3)12-21(4)14-24)22(5)16-32-11-10-23-8-9-25-26(15-23)38-18-37-25/h8-9,12-15,19,22,27,32H,10-11,16-18H2,1-7H3/p+1/t22-,27?/m1/s1. The van der Waals surface area contributed by atoms with Crippen molar-refractivity contribution in [3.05, 3.63) is 58.7 Å². The summed E-state index contributed by atoms with van der Waals surface area (Å²) in [4.78, 5) is 12.6. The molecule has 0 saturated heterocycles. The maximum absolute atomic E-state index is 12.6. The minimum absolute atomic E-state index is 0.0823. The summed E-state index contributed by atoms with van der Waals surface area (Å²) in [5.41, 5.74) is 4.81. The highest BCUT2D eigenvalue weighted by Crippen LogP contribution is 2.32. The molecule has 0 bridgehead atoms. The van der Waals surface area contributed by atoms with E-state index in [1.54, 1.807) is 0 Å². The van der Waals surface area contributed by atoms with E-state index < -0.39 is 5.41 Å². The Hall–Kier alpha value is -3.39. The van der Waals surface area contributed by atoms with E-state index in [4.69, 9.17) is 24.0 Å². The molecule has 0 aromatic heterocycles. The fraction of sp³-hybridized carbons (Fsp3) is 0.516. The van der Waals surface area contributed by atoms with Gasteiger partial charge in [0.2, 0.25) is 6.79 Å². The summed E-state index contributed by atoms with van der Waals surface area (Å²) in [5.74, 6) is 2.10. The first-order valence-corrected chi connectivity index (χ1v) is 13.8. The fourth-order valence-electron chi connectivity index (χ4n) is 4.86. The normalized spacial score (nSPS) is 17.2. The Morgan fingerprint density at radius 1 is 1.10 bits per heavy atom. The van der Waals surface area contributed by atoms with Crippen LogP contribution >= 0.6 is 0 Å². The third kappa shape index (κ3) is 7.18. The van der Waals surface area contributed by atoms with Gasteiger partial charge in [0.05, 0.1) is 11.5 Å². The second-order valence-electron chi connectivity index (χ2n) is 11.6. The zero-order chi connectivity index (χ0) is 28.2. The highest BCUT2D eigenvalue weighted by Gasteiger charge is 2.42. The first kappa shape index (κ1) is 28.6. The van der Waals surface area contributed by atoms with E-state index in [-0.39, 0.29) is 37.3 Å². The van der Waals surface area contributed by atoms with Gasteiger partial charge in [-0.2, -0.15) is 0 Å². The van der Waals surface area contributed by atoms with Crippen LogP contribution in [0, 0.1) is 31.1 Å². The first-order chi connectivity index (χ1) is 18.5. The number of fused-ring (bicyclic) bond motifs is 1. The largest absolute Gasteiger partial charge is 0.462 e. The summed E-state index contributed by atoms with van der Waals surface area (Å²) in [5, 5.41) is 11.5. The lowest BCUT2D eigenvalue weighted by molar-refractivity contribution is -0.470. The summed E-state index contributed by atoms with van der Waals surface area (Å²) in [6.45, 7) is 15.8. The summed E-state index contributed by atoms with van der Waals surface area (Å²) in [6.07, 6.45) is 0.703. The van der Waals surface area contributed by atoms with Gasteiger partial charge in [-0.15, -0.1) is 0 Å². The van der Waals surface area contributed by atoms with Crippen molar-refractivity contribution in [1.29, 1.82) is 0 Å². The lowest BCUT2D eigenvalue weighted by atomic mass is 9.85. The molecule has 0 saturated carbocycles. The molecule has 4 rings (SSSR count). The molecule has 2 aliphatic heterocycles. The average molecular weight is 537 g/mol. The van der Waals surface area contributed by atoms with Crippen molar-refractivity contribution in [1.82, 2.24) is 5.32 Å². The Bertz CT molecular complexity index is 1230. The number of ether oxygens (including phenoxy) is 4. The number of carbonyl (C=O) groups is 1. The average Bonchev–Trinajstić information content (AvgIpc) is 3.51. The van der Waals surface area contributed by atoms with E-state index in [1.165, 1.54) is 16.7 Å². The zero-order valence-corrected chi connectivity index (χ0v) is 24.2. The maximum atomic E-state index is 12.6. The van der Waals surface area contributed by atoms with E-state index in [9.17, 15) is 4.79 Å². The van der Waals surface area contributed by atoms with Crippen LogP contribution in [-0.4, -0.2) is 50.2 Å². The van der Waals surface area contributed by atoms with E-state index in [1.807, 2.05) is 39.8 Å². The molecule has 210 valence electrons. The van der Waals surface area contributed by atoms with Crippen molar-refractivity contribution in [2.75, 3.05) is 26.5 Å². The first-order valence-electron chi connectivity index (χ1n) is 13.8. The molecule has 2 N–H and O–H groups in total. The van der Waals surface area contributed by atoms with Crippen molar-refractivity contribution in [3.63, 3.8) is 0 Å². The van der Waals surface area contributed by atoms with Crippen LogP contribution in [0.2, 0.25) is 0 Å². The minimum Gasteiger partial charge on any atom is -0.462 e. The van der Waals surface area contributed by atoms with Crippen LogP contribution in [0.1, 0.15) is 56.9 Å². The summed E-state index contributed by atoms with van der Waals surface area (Å²) < 4.78 is 22.6. The van der Waals surface area contributed by atoms with Crippen LogP contribution in [0.3, 0.4) is 0 Å². The monoisotopic (exact) mass is 536 g/mol. The fourth-order valence-corrected chi connectivity index (χ4v) is 4.86. The SMILES string of the molecule is Cc1cc(C)cc(C2=N[NH+]=C(OCC(C)(C)C(=O)OC(C)C)C2[C@H](C)CNCCc2ccc3c(c2)OCO3)c1. The number of carbonyl (C=O) groups excluding carboxylic acids is 1. The van der Waals surface area contributed by atoms with Gasteiger partial charge in [-0.05, 0) is 102 Å². The molecule has 2 atom stereocenters. The van der Waals surface area contributed by atoms with Gasteiger partial charge in [0.25, 0.3) is 0 Å². The predicted octanol–water partition coefficient (Wildman–Crippen LogP) is 3.31. The van der Waals surface area contributed by atoms with Crippen molar-refractivity contribution in [3.8, 4) is 11.5 Å². The number of hydrogen-bond donors (Lipinski definition) is 2. The molecule has 0 amide bonds. The minimum atomic E-state index is -0.793. The van der Waals surface area contributed by atoms with Gasteiger partial charge in [0, 0.05) is 5.56 Å². The Morgan fingerprint density at radius 2 is 1.82 bits per heavy atom. The topological polar surface area (TPSA) is 92.4 Å². The second-order valence-corrected chi connectivity index (χ2v) is 11.6. The molecule has 1 unspecified atom stereocenters. The number of hydrazone groups is 1. The van der Waals surface area contributed by atoms with Gasteiger partial charge in [-0.1, -0.05) is 35.3 Å². The van der Waals surface area contributed by atoms with E-state index in [0.29, 0.717) is 5.90 Å². The molecule has 8 nitrogen and oxygen atoms in total. The number of nitrogens with zero attached hydrogens (tertiary/aromatic N) is 1. The lowest BCUT2D eigenvalue weighted by Crippen LogP contribution is -2.66. The summed E-state index contributed by atoms with van der Waals surface area (Å²) in [6, 6.07) is 12.6. The van der Waals surface area contributed by atoms with Crippen LogP contribution in [0.15, 0.2) is 41.5 Å². The molecular weight excluding hydrogens is 494 g/mol. The van der Waals surface area contributed by atoms with Crippen molar-refractivity contribution >= 4 is 17.6 Å². The summed E-state index contributed by atoms with van der Waals surface area (Å²) in [7, 11) is 0. The quantitative estimate of drug-likeness (QED) is 0.338. The second kappa shape index (κ2) is 12.2. The molecule has 2 aromatic rings. The predicted molar refractivity (Wildman–Crippen MR) is 151 cm³/mol. The van der Waals surface area contributed by atoms with Gasteiger partial charge in [-0.25, -0.2) is 0 Å².